The van der Waals surface area contributed by atoms with Gasteiger partial charge >= 0.3 is 0 Å². The number of aromatic nitrogens is 1. The number of rotatable bonds is 4. The van der Waals surface area contributed by atoms with Crippen LogP contribution in [0.3, 0.4) is 0 Å². The number of hydrogen-bond acceptors (Lipinski definition) is 1. The van der Waals surface area contributed by atoms with E-state index in [4.69, 9.17) is 0 Å². The second kappa shape index (κ2) is 6.06. The van der Waals surface area contributed by atoms with E-state index in [0.29, 0.717) is 5.69 Å². The van der Waals surface area contributed by atoms with Gasteiger partial charge in [-0.1, -0.05) is 24.6 Å². The number of aryl methyl sites for hydroxylation is 2. The largest absolute Gasteiger partial charge is 0.342 e. The summed E-state index contributed by atoms with van der Waals surface area (Å²) in [5, 5.41) is 2.92. The number of halogens is 1. The molecule has 0 aliphatic carbocycles. The minimum absolute atomic E-state index is 0.0806. The van der Waals surface area contributed by atoms with Crippen molar-refractivity contribution in [1.29, 1.82) is 0 Å². The van der Waals surface area contributed by atoms with Crippen molar-refractivity contribution in [2.45, 2.75) is 26.8 Å². The van der Waals surface area contributed by atoms with E-state index in [1.54, 1.807) is 0 Å². The molecule has 0 saturated carbocycles. The summed E-state index contributed by atoms with van der Waals surface area (Å²) in [5.74, 6) is -0.0806. The van der Waals surface area contributed by atoms with Crippen molar-refractivity contribution in [2.75, 3.05) is 5.32 Å². The van der Waals surface area contributed by atoms with Gasteiger partial charge in [0.2, 0.25) is 0 Å². The summed E-state index contributed by atoms with van der Waals surface area (Å²) in [6.45, 7) is 4.95. The van der Waals surface area contributed by atoms with Crippen molar-refractivity contribution in [3.05, 3.63) is 52.3 Å². The van der Waals surface area contributed by atoms with Crippen molar-refractivity contribution in [2.24, 2.45) is 0 Å². The Kier molecular flexibility index (Phi) is 4.43. The Morgan fingerprint density at radius 3 is 2.63 bits per heavy atom. The Morgan fingerprint density at radius 1 is 1.32 bits per heavy atom. The van der Waals surface area contributed by atoms with E-state index in [2.05, 4.69) is 28.2 Å². The molecule has 1 N–H and O–H groups in total. The topological polar surface area (TPSA) is 34.0 Å². The zero-order valence-corrected chi connectivity index (χ0v) is 12.7. The van der Waals surface area contributed by atoms with Crippen LogP contribution in [-0.4, -0.2) is 10.5 Å². The molecular formula is C15H17BrN2O. The Bertz CT molecular complexity index is 572. The second-order valence-electron chi connectivity index (χ2n) is 4.56. The quantitative estimate of drug-likeness (QED) is 0.899. The first kappa shape index (κ1) is 13.9. The van der Waals surface area contributed by atoms with Crippen LogP contribution in [0, 0.1) is 6.92 Å². The van der Waals surface area contributed by atoms with Crippen LogP contribution in [0.5, 0.6) is 0 Å². The molecule has 1 aromatic heterocycles. The summed E-state index contributed by atoms with van der Waals surface area (Å²) in [5.41, 5.74) is 2.67. The van der Waals surface area contributed by atoms with E-state index in [1.165, 1.54) is 5.56 Å². The first-order chi connectivity index (χ1) is 9.10. The van der Waals surface area contributed by atoms with Crippen LogP contribution in [0.1, 0.15) is 29.4 Å². The second-order valence-corrected chi connectivity index (χ2v) is 5.47. The summed E-state index contributed by atoms with van der Waals surface area (Å²) < 4.78 is 2.89. The SMILES string of the molecule is CCCn1cc(Br)cc1C(=O)Nc1ccc(C)cc1. The van der Waals surface area contributed by atoms with Gasteiger partial charge in [-0.2, -0.15) is 0 Å². The molecule has 0 radical (unpaired) electrons. The minimum atomic E-state index is -0.0806. The third-order valence-corrected chi connectivity index (χ3v) is 3.30. The Morgan fingerprint density at radius 2 is 2.00 bits per heavy atom. The fraction of sp³-hybridized carbons (Fsp3) is 0.267. The lowest BCUT2D eigenvalue weighted by Crippen LogP contribution is -2.16. The molecule has 0 aliphatic heterocycles. The minimum Gasteiger partial charge on any atom is -0.342 e. The first-order valence-corrected chi connectivity index (χ1v) is 7.13. The molecule has 0 fully saturated rings. The van der Waals surface area contributed by atoms with Crippen molar-refractivity contribution >= 4 is 27.5 Å². The molecule has 0 spiro atoms. The van der Waals surface area contributed by atoms with Gasteiger partial charge in [0.1, 0.15) is 5.69 Å². The summed E-state index contributed by atoms with van der Waals surface area (Å²) in [4.78, 5) is 12.3. The van der Waals surface area contributed by atoms with Crippen molar-refractivity contribution in [3.63, 3.8) is 0 Å². The van der Waals surface area contributed by atoms with Crippen molar-refractivity contribution in [1.82, 2.24) is 4.57 Å². The number of benzene rings is 1. The van der Waals surface area contributed by atoms with Crippen LogP contribution in [0.4, 0.5) is 5.69 Å². The Labute approximate surface area is 121 Å². The fourth-order valence-electron chi connectivity index (χ4n) is 1.92. The number of carbonyl (C=O) groups is 1. The molecule has 0 unspecified atom stereocenters. The van der Waals surface area contributed by atoms with Crippen LogP contribution in [0.2, 0.25) is 0 Å². The molecule has 2 aromatic rings. The molecule has 1 aromatic carbocycles. The Balaban J connectivity index is 2.17. The molecule has 0 bridgehead atoms. The van der Waals surface area contributed by atoms with Gasteiger partial charge in [-0.3, -0.25) is 4.79 Å². The molecule has 100 valence electrons. The molecule has 0 atom stereocenters. The van der Waals surface area contributed by atoms with E-state index in [0.717, 1.165) is 23.1 Å². The summed E-state index contributed by atoms with van der Waals surface area (Å²) >= 11 is 3.42. The molecule has 4 heteroatoms. The van der Waals surface area contributed by atoms with Crippen LogP contribution >= 0.6 is 15.9 Å². The third-order valence-electron chi connectivity index (χ3n) is 2.87. The number of nitrogens with zero attached hydrogens (tertiary/aromatic N) is 1. The Hall–Kier alpha value is -1.55. The van der Waals surface area contributed by atoms with Gasteiger partial charge in [0.15, 0.2) is 0 Å². The molecule has 0 saturated heterocycles. The van der Waals surface area contributed by atoms with E-state index >= 15 is 0 Å². The highest BCUT2D eigenvalue weighted by Gasteiger charge is 2.12. The van der Waals surface area contributed by atoms with Gasteiger partial charge in [0.05, 0.1) is 0 Å². The predicted octanol–water partition coefficient (Wildman–Crippen LogP) is 4.22. The van der Waals surface area contributed by atoms with E-state index in [9.17, 15) is 4.79 Å². The van der Waals surface area contributed by atoms with Crippen molar-refractivity contribution in [3.8, 4) is 0 Å². The summed E-state index contributed by atoms with van der Waals surface area (Å²) in [6, 6.07) is 9.64. The van der Waals surface area contributed by atoms with Gasteiger partial charge in [-0.25, -0.2) is 0 Å². The highest BCUT2D eigenvalue weighted by Crippen LogP contribution is 2.17. The van der Waals surface area contributed by atoms with Crippen LogP contribution in [0.15, 0.2) is 41.0 Å². The number of carbonyl (C=O) groups excluding carboxylic acids is 1. The van der Waals surface area contributed by atoms with E-state index in [-0.39, 0.29) is 5.91 Å². The molecular weight excluding hydrogens is 304 g/mol. The van der Waals surface area contributed by atoms with E-state index in [1.807, 2.05) is 48.0 Å². The average molecular weight is 321 g/mol. The van der Waals surface area contributed by atoms with Crippen LogP contribution < -0.4 is 5.32 Å². The van der Waals surface area contributed by atoms with Crippen LogP contribution in [0.25, 0.3) is 0 Å². The highest BCUT2D eigenvalue weighted by atomic mass is 79.9. The fourth-order valence-corrected chi connectivity index (χ4v) is 2.39. The zero-order chi connectivity index (χ0) is 13.8. The standard InChI is InChI=1S/C15H17BrN2O/c1-3-8-18-10-12(16)9-14(18)15(19)17-13-6-4-11(2)5-7-13/h4-7,9-10H,3,8H2,1-2H3,(H,17,19). The first-order valence-electron chi connectivity index (χ1n) is 6.34. The molecule has 2 rings (SSSR count). The number of nitrogens with one attached hydrogen (secondary N) is 1. The monoisotopic (exact) mass is 320 g/mol. The van der Waals surface area contributed by atoms with Gasteiger partial charge in [0.25, 0.3) is 5.91 Å². The lowest BCUT2D eigenvalue weighted by Gasteiger charge is -2.08. The lowest BCUT2D eigenvalue weighted by atomic mass is 10.2. The van der Waals surface area contributed by atoms with Gasteiger partial charge < -0.3 is 9.88 Å². The lowest BCUT2D eigenvalue weighted by molar-refractivity contribution is 0.101. The maximum absolute atomic E-state index is 12.3. The number of anilines is 1. The number of hydrogen-bond donors (Lipinski definition) is 1. The molecule has 1 amide bonds. The normalized spacial score (nSPS) is 10.5. The number of amides is 1. The third kappa shape index (κ3) is 3.47. The highest BCUT2D eigenvalue weighted by molar-refractivity contribution is 9.10. The maximum Gasteiger partial charge on any atom is 0.272 e. The predicted molar refractivity (Wildman–Crippen MR) is 81.6 cm³/mol. The molecule has 1 heterocycles. The van der Waals surface area contributed by atoms with E-state index < -0.39 is 0 Å². The average Bonchev–Trinajstić information content (AvgIpc) is 2.74. The molecule has 3 nitrogen and oxygen atoms in total. The van der Waals surface area contributed by atoms with Crippen molar-refractivity contribution < 1.29 is 4.79 Å². The van der Waals surface area contributed by atoms with Gasteiger partial charge in [-0.15, -0.1) is 0 Å². The summed E-state index contributed by atoms with van der Waals surface area (Å²) in [7, 11) is 0. The molecule has 0 aliphatic rings. The van der Waals surface area contributed by atoms with Crippen LogP contribution in [-0.2, 0) is 6.54 Å². The summed E-state index contributed by atoms with van der Waals surface area (Å²) in [6.07, 6.45) is 2.93. The van der Waals surface area contributed by atoms with Gasteiger partial charge in [0, 0.05) is 22.9 Å². The molecule has 19 heavy (non-hydrogen) atoms. The van der Waals surface area contributed by atoms with Gasteiger partial charge in [-0.05, 0) is 47.5 Å². The zero-order valence-electron chi connectivity index (χ0n) is 11.1. The maximum atomic E-state index is 12.3. The smallest absolute Gasteiger partial charge is 0.272 e.